The number of amides is 3. The highest BCUT2D eigenvalue weighted by molar-refractivity contribution is 6.31. The van der Waals surface area contributed by atoms with Crippen molar-refractivity contribution in [3.8, 4) is 11.4 Å². The molecule has 38 heavy (non-hydrogen) atoms. The van der Waals surface area contributed by atoms with Crippen LogP contribution in [0.1, 0.15) is 33.6 Å². The Kier molecular flexibility index (Phi) is 7.07. The average molecular weight is 526 g/mol. The van der Waals surface area contributed by atoms with E-state index in [4.69, 9.17) is 16.3 Å². The van der Waals surface area contributed by atoms with Crippen molar-refractivity contribution in [3.63, 3.8) is 0 Å². The van der Waals surface area contributed by atoms with Crippen molar-refractivity contribution in [2.45, 2.75) is 33.9 Å². The number of ether oxygens (including phenoxy) is 1. The lowest BCUT2D eigenvalue weighted by molar-refractivity contribution is -0.123. The Morgan fingerprint density at radius 2 is 1.63 bits per heavy atom. The zero-order valence-electron chi connectivity index (χ0n) is 21.5. The van der Waals surface area contributed by atoms with Gasteiger partial charge in [0.1, 0.15) is 18.1 Å². The maximum atomic E-state index is 13.0. The van der Waals surface area contributed by atoms with Gasteiger partial charge in [0.05, 0.1) is 6.54 Å². The van der Waals surface area contributed by atoms with E-state index >= 15 is 0 Å². The van der Waals surface area contributed by atoms with Crippen molar-refractivity contribution in [2.75, 3.05) is 0 Å². The van der Waals surface area contributed by atoms with Gasteiger partial charge in [-0.3, -0.25) is 9.69 Å². The van der Waals surface area contributed by atoms with Gasteiger partial charge < -0.3 is 14.6 Å². The lowest BCUT2D eigenvalue weighted by Gasteiger charge is -2.12. The quantitative estimate of drug-likeness (QED) is 0.215. The van der Waals surface area contributed by atoms with Crippen LogP contribution in [0.3, 0.4) is 0 Å². The van der Waals surface area contributed by atoms with E-state index in [1.165, 1.54) is 4.90 Å². The molecule has 1 aliphatic heterocycles. The summed E-state index contributed by atoms with van der Waals surface area (Å²) in [4.78, 5) is 26.8. The first kappa shape index (κ1) is 25.4. The predicted octanol–water partition coefficient (Wildman–Crippen LogP) is 6.73. The number of rotatable bonds is 7. The Hall–Kier alpha value is -4.29. The van der Waals surface area contributed by atoms with E-state index in [-0.39, 0.29) is 18.1 Å². The molecule has 0 unspecified atom stereocenters. The second kappa shape index (κ2) is 10.6. The second-order valence-corrected chi connectivity index (χ2v) is 9.81. The summed E-state index contributed by atoms with van der Waals surface area (Å²) in [7, 11) is 0. The van der Waals surface area contributed by atoms with Gasteiger partial charge in [-0.15, -0.1) is 0 Å². The van der Waals surface area contributed by atoms with E-state index in [1.807, 2.05) is 99.6 Å². The molecule has 0 aliphatic carbocycles. The highest BCUT2D eigenvalue weighted by Crippen LogP contribution is 2.26. The lowest BCUT2D eigenvalue weighted by Crippen LogP contribution is -2.30. The zero-order chi connectivity index (χ0) is 26.8. The van der Waals surface area contributed by atoms with Crippen LogP contribution in [-0.4, -0.2) is 21.4 Å². The van der Waals surface area contributed by atoms with Crippen LogP contribution in [0.25, 0.3) is 11.8 Å². The number of nitrogens with zero attached hydrogens (tertiary/aromatic N) is 2. The molecule has 1 saturated heterocycles. The Labute approximate surface area is 227 Å². The monoisotopic (exact) mass is 525 g/mol. The number of halogens is 1. The van der Waals surface area contributed by atoms with Gasteiger partial charge in [0.25, 0.3) is 5.91 Å². The lowest BCUT2D eigenvalue weighted by atomic mass is 10.1. The van der Waals surface area contributed by atoms with E-state index in [0.717, 1.165) is 45.1 Å². The minimum absolute atomic E-state index is 0.228. The fourth-order valence-corrected chi connectivity index (χ4v) is 4.74. The Balaban J connectivity index is 1.32. The molecular weight excluding hydrogens is 498 g/mol. The molecule has 3 aromatic carbocycles. The number of aromatic nitrogens is 1. The van der Waals surface area contributed by atoms with Crippen LogP contribution in [0.4, 0.5) is 4.79 Å². The Morgan fingerprint density at radius 1 is 0.921 bits per heavy atom. The summed E-state index contributed by atoms with van der Waals surface area (Å²) < 4.78 is 8.02. The summed E-state index contributed by atoms with van der Waals surface area (Å²) in [6, 6.07) is 24.8. The topological polar surface area (TPSA) is 63.6 Å². The third-order valence-electron chi connectivity index (χ3n) is 6.64. The summed E-state index contributed by atoms with van der Waals surface area (Å²) >= 11 is 6.23. The maximum Gasteiger partial charge on any atom is 0.329 e. The van der Waals surface area contributed by atoms with Gasteiger partial charge in [0.2, 0.25) is 0 Å². The van der Waals surface area contributed by atoms with Gasteiger partial charge in [-0.1, -0.05) is 59.6 Å². The zero-order valence-corrected chi connectivity index (χ0v) is 22.3. The molecule has 3 amide bonds. The Morgan fingerprint density at radius 3 is 2.34 bits per heavy atom. The molecule has 0 bridgehead atoms. The van der Waals surface area contributed by atoms with Crippen molar-refractivity contribution in [2.24, 2.45) is 0 Å². The second-order valence-electron chi connectivity index (χ2n) is 9.40. The molecule has 1 aliphatic rings. The van der Waals surface area contributed by atoms with Crippen LogP contribution in [0.2, 0.25) is 5.02 Å². The van der Waals surface area contributed by atoms with Gasteiger partial charge in [-0.25, -0.2) is 4.79 Å². The third-order valence-corrected chi connectivity index (χ3v) is 7.01. The van der Waals surface area contributed by atoms with Crippen molar-refractivity contribution < 1.29 is 14.3 Å². The van der Waals surface area contributed by atoms with Crippen LogP contribution in [0.5, 0.6) is 5.75 Å². The van der Waals surface area contributed by atoms with Gasteiger partial charge in [0, 0.05) is 27.7 Å². The van der Waals surface area contributed by atoms with E-state index < -0.39 is 6.03 Å². The summed E-state index contributed by atoms with van der Waals surface area (Å²) in [5.74, 6) is 0.409. The number of benzene rings is 3. The first-order chi connectivity index (χ1) is 18.3. The highest BCUT2D eigenvalue weighted by Gasteiger charge is 2.33. The molecule has 7 heteroatoms. The number of aryl methyl sites for hydroxylation is 2. The van der Waals surface area contributed by atoms with Crippen LogP contribution in [0.15, 0.2) is 84.6 Å². The molecule has 6 nitrogen and oxygen atoms in total. The van der Waals surface area contributed by atoms with E-state index in [1.54, 1.807) is 6.08 Å². The van der Waals surface area contributed by atoms with Crippen LogP contribution in [-0.2, 0) is 17.9 Å². The first-order valence-corrected chi connectivity index (χ1v) is 12.7. The van der Waals surface area contributed by atoms with Crippen molar-refractivity contribution in [1.82, 2.24) is 14.8 Å². The largest absolute Gasteiger partial charge is 0.489 e. The summed E-state index contributed by atoms with van der Waals surface area (Å²) in [6.07, 6.45) is 1.75. The van der Waals surface area contributed by atoms with E-state index in [9.17, 15) is 9.59 Å². The number of nitrogens with one attached hydrogen (secondary N) is 1. The van der Waals surface area contributed by atoms with Crippen molar-refractivity contribution >= 4 is 29.6 Å². The number of hydrogen-bond donors (Lipinski definition) is 1. The molecule has 5 rings (SSSR count). The molecule has 2 heterocycles. The number of hydrogen-bond acceptors (Lipinski definition) is 3. The average Bonchev–Trinajstić information content (AvgIpc) is 3.33. The van der Waals surface area contributed by atoms with Gasteiger partial charge in [-0.05, 0) is 74.4 Å². The molecule has 0 atom stereocenters. The minimum atomic E-state index is -0.414. The van der Waals surface area contributed by atoms with Crippen molar-refractivity contribution in [3.05, 3.63) is 123 Å². The SMILES string of the molecule is Cc1ccc(CN2C(=O)N/C(=C/c3cc(C)n(-c4ccc(OCc5ccccc5Cl)cc4)c3C)C2=O)cc1. The normalized spacial score (nSPS) is 14.3. The predicted molar refractivity (Wildman–Crippen MR) is 149 cm³/mol. The molecule has 4 aromatic rings. The summed E-state index contributed by atoms with van der Waals surface area (Å²) in [5, 5.41) is 3.41. The first-order valence-electron chi connectivity index (χ1n) is 12.4. The molecule has 0 radical (unpaired) electrons. The standard InChI is InChI=1S/C31H28ClN3O3/c1-20-8-10-23(11-9-20)18-34-30(36)29(33-31(34)37)17-25-16-21(2)35(22(25)3)26-12-14-27(15-13-26)38-19-24-6-4-5-7-28(24)32/h4-17H,18-19H2,1-3H3,(H,33,37)/b29-17+. The van der Waals surface area contributed by atoms with Gasteiger partial charge in [-0.2, -0.15) is 0 Å². The fraction of sp³-hybridized carbons (Fsp3) is 0.161. The minimum Gasteiger partial charge on any atom is -0.489 e. The molecular formula is C31H28ClN3O3. The number of carbonyl (C=O) groups is 2. The van der Waals surface area contributed by atoms with Crippen LogP contribution in [0, 0.1) is 20.8 Å². The van der Waals surface area contributed by atoms with E-state index in [2.05, 4.69) is 9.88 Å². The van der Waals surface area contributed by atoms with Crippen LogP contribution >= 0.6 is 11.6 Å². The van der Waals surface area contributed by atoms with Crippen LogP contribution < -0.4 is 10.1 Å². The summed E-state index contributed by atoms with van der Waals surface area (Å²) in [6.45, 7) is 6.62. The molecule has 0 spiro atoms. The molecule has 0 saturated carbocycles. The number of imide groups is 1. The molecule has 192 valence electrons. The van der Waals surface area contributed by atoms with Gasteiger partial charge >= 0.3 is 6.03 Å². The molecule has 1 N–H and O–H groups in total. The number of urea groups is 1. The van der Waals surface area contributed by atoms with E-state index in [0.29, 0.717) is 11.6 Å². The smallest absolute Gasteiger partial charge is 0.329 e. The van der Waals surface area contributed by atoms with Crippen molar-refractivity contribution in [1.29, 1.82) is 0 Å². The molecule has 1 fully saturated rings. The third kappa shape index (κ3) is 5.22. The molecule has 1 aromatic heterocycles. The Bertz CT molecular complexity index is 1540. The maximum absolute atomic E-state index is 13.0. The summed E-state index contributed by atoms with van der Waals surface area (Å²) in [5.41, 5.74) is 7.02. The van der Waals surface area contributed by atoms with Gasteiger partial charge in [0.15, 0.2) is 0 Å². The number of carbonyl (C=O) groups excluding carboxylic acids is 2. The fourth-order valence-electron chi connectivity index (χ4n) is 4.55. The highest BCUT2D eigenvalue weighted by atomic mass is 35.5.